The molecule has 2 N–H and O–H groups in total. The van der Waals surface area contributed by atoms with E-state index in [1.807, 2.05) is 24.3 Å². The minimum absolute atomic E-state index is 0.0539. The summed E-state index contributed by atoms with van der Waals surface area (Å²) in [5.41, 5.74) is 1.98. The molecule has 2 aromatic rings. The minimum atomic E-state index is -0.484. The van der Waals surface area contributed by atoms with E-state index in [4.69, 9.17) is 4.74 Å². The van der Waals surface area contributed by atoms with Gasteiger partial charge in [0.05, 0.1) is 24.2 Å². The third-order valence-corrected chi connectivity index (χ3v) is 4.55. The Balaban J connectivity index is 1.65. The number of aliphatic hydroxyl groups is 2. The van der Waals surface area contributed by atoms with Crippen LogP contribution in [0.1, 0.15) is 36.8 Å². The van der Waals surface area contributed by atoms with Crippen LogP contribution in [0.25, 0.3) is 0 Å². The fourth-order valence-corrected chi connectivity index (χ4v) is 3.06. The van der Waals surface area contributed by atoms with Crippen molar-refractivity contribution in [1.82, 2.24) is 0 Å². The van der Waals surface area contributed by atoms with Gasteiger partial charge in [-0.25, -0.2) is 0 Å². The molecule has 0 heterocycles. The molecule has 2 aromatic carbocycles. The lowest BCUT2D eigenvalue weighted by Crippen LogP contribution is -2.13. The van der Waals surface area contributed by atoms with E-state index in [9.17, 15) is 20.3 Å². The van der Waals surface area contributed by atoms with E-state index >= 15 is 0 Å². The maximum absolute atomic E-state index is 10.6. The minimum Gasteiger partial charge on any atom is -0.497 e. The Bertz CT molecular complexity index is 717. The summed E-state index contributed by atoms with van der Waals surface area (Å²) in [6, 6.07) is 14.0. The Kier molecular flexibility index (Phi) is 8.23. The SMILES string of the molecule is COc1cccc(CC(O)CCCCC(O)Cc2ccc([N+](=O)[O-])cc2)c1. The number of non-ortho nitro benzene ring substituents is 1. The van der Waals surface area contributed by atoms with Crippen LogP contribution in [-0.2, 0) is 12.8 Å². The number of hydrogen-bond acceptors (Lipinski definition) is 5. The lowest BCUT2D eigenvalue weighted by atomic mass is 9.99. The van der Waals surface area contributed by atoms with E-state index in [2.05, 4.69) is 0 Å². The Morgan fingerprint density at radius 1 is 0.963 bits per heavy atom. The predicted octanol–water partition coefficient (Wildman–Crippen LogP) is 3.67. The molecule has 6 nitrogen and oxygen atoms in total. The van der Waals surface area contributed by atoms with Gasteiger partial charge < -0.3 is 14.9 Å². The Labute approximate surface area is 159 Å². The largest absolute Gasteiger partial charge is 0.497 e. The second-order valence-electron chi connectivity index (χ2n) is 6.78. The quantitative estimate of drug-likeness (QED) is 0.356. The first-order valence-corrected chi connectivity index (χ1v) is 9.20. The summed E-state index contributed by atoms with van der Waals surface area (Å²) in [6.07, 6.45) is 3.15. The molecule has 27 heavy (non-hydrogen) atoms. The van der Waals surface area contributed by atoms with Crippen LogP contribution in [0, 0.1) is 10.1 Å². The van der Waals surface area contributed by atoms with Crippen molar-refractivity contribution in [3.05, 3.63) is 69.8 Å². The molecular weight excluding hydrogens is 346 g/mol. The Morgan fingerprint density at radius 3 is 2.11 bits per heavy atom. The van der Waals surface area contributed by atoms with Gasteiger partial charge >= 0.3 is 0 Å². The molecule has 0 saturated carbocycles. The van der Waals surface area contributed by atoms with Gasteiger partial charge in [-0.15, -0.1) is 0 Å². The van der Waals surface area contributed by atoms with Crippen molar-refractivity contribution in [2.75, 3.05) is 7.11 Å². The molecule has 0 fully saturated rings. The zero-order valence-corrected chi connectivity index (χ0v) is 15.6. The number of benzene rings is 2. The summed E-state index contributed by atoms with van der Waals surface area (Å²) in [5, 5.41) is 30.9. The number of aliphatic hydroxyl groups excluding tert-OH is 2. The summed E-state index contributed by atoms with van der Waals surface area (Å²) in [6.45, 7) is 0. The fraction of sp³-hybridized carbons (Fsp3) is 0.429. The molecule has 0 aromatic heterocycles. The maximum atomic E-state index is 10.6. The van der Waals surface area contributed by atoms with Gasteiger partial charge in [0.2, 0.25) is 0 Å². The third-order valence-electron chi connectivity index (χ3n) is 4.55. The van der Waals surface area contributed by atoms with Gasteiger partial charge in [0, 0.05) is 12.1 Å². The lowest BCUT2D eigenvalue weighted by molar-refractivity contribution is -0.384. The highest BCUT2D eigenvalue weighted by atomic mass is 16.6. The third kappa shape index (κ3) is 7.37. The van der Waals surface area contributed by atoms with Crippen molar-refractivity contribution < 1.29 is 19.9 Å². The van der Waals surface area contributed by atoms with Gasteiger partial charge in [0.1, 0.15) is 5.75 Å². The van der Waals surface area contributed by atoms with Crippen molar-refractivity contribution in [3.8, 4) is 5.75 Å². The normalized spacial score (nSPS) is 13.1. The standard InChI is InChI=1S/C21H27NO5/c1-27-21-8-4-5-17(15-21)14-20(24)7-3-2-6-19(23)13-16-9-11-18(12-10-16)22(25)26/h4-5,8-12,15,19-20,23-24H,2-3,6-7,13-14H2,1H3. The number of ether oxygens (including phenoxy) is 1. The van der Waals surface area contributed by atoms with Gasteiger partial charge in [0.25, 0.3) is 5.69 Å². The summed E-state index contributed by atoms with van der Waals surface area (Å²) in [7, 11) is 1.62. The number of hydrogen-bond donors (Lipinski definition) is 2. The van der Waals surface area contributed by atoms with Crippen LogP contribution in [0.15, 0.2) is 48.5 Å². The van der Waals surface area contributed by atoms with Crippen molar-refractivity contribution >= 4 is 5.69 Å². The molecular formula is C21H27NO5. The fourth-order valence-electron chi connectivity index (χ4n) is 3.06. The van der Waals surface area contributed by atoms with Crippen LogP contribution in [0.5, 0.6) is 5.75 Å². The number of rotatable bonds is 11. The lowest BCUT2D eigenvalue weighted by Gasteiger charge is -2.13. The second kappa shape index (κ2) is 10.6. The van der Waals surface area contributed by atoms with Crippen molar-refractivity contribution in [2.45, 2.75) is 50.7 Å². The van der Waals surface area contributed by atoms with Gasteiger partial charge in [-0.1, -0.05) is 37.1 Å². The number of nitro benzene ring substituents is 1. The zero-order chi connectivity index (χ0) is 19.6. The molecule has 0 aliphatic carbocycles. The first-order chi connectivity index (χ1) is 13.0. The molecule has 0 radical (unpaired) electrons. The smallest absolute Gasteiger partial charge is 0.269 e. The van der Waals surface area contributed by atoms with E-state index in [0.717, 1.165) is 29.7 Å². The predicted molar refractivity (Wildman–Crippen MR) is 104 cm³/mol. The van der Waals surface area contributed by atoms with Crippen LogP contribution < -0.4 is 4.74 Å². The molecule has 0 bridgehead atoms. The number of nitrogens with zero attached hydrogens (tertiary/aromatic N) is 1. The van der Waals surface area contributed by atoms with Gasteiger partial charge in [-0.3, -0.25) is 10.1 Å². The molecule has 0 amide bonds. The second-order valence-corrected chi connectivity index (χ2v) is 6.78. The zero-order valence-electron chi connectivity index (χ0n) is 15.6. The van der Waals surface area contributed by atoms with Crippen LogP contribution in [0.2, 0.25) is 0 Å². The highest BCUT2D eigenvalue weighted by molar-refractivity contribution is 5.33. The summed E-state index contributed by atoms with van der Waals surface area (Å²) in [5.74, 6) is 0.786. The number of nitro groups is 1. The van der Waals surface area contributed by atoms with Crippen LogP contribution in [0.4, 0.5) is 5.69 Å². The molecule has 146 valence electrons. The highest BCUT2D eigenvalue weighted by Crippen LogP contribution is 2.17. The highest BCUT2D eigenvalue weighted by Gasteiger charge is 2.10. The van der Waals surface area contributed by atoms with Crippen LogP contribution >= 0.6 is 0 Å². The van der Waals surface area contributed by atoms with E-state index in [-0.39, 0.29) is 5.69 Å². The van der Waals surface area contributed by atoms with Gasteiger partial charge in [0.15, 0.2) is 0 Å². The Hall–Kier alpha value is -2.44. The Morgan fingerprint density at radius 2 is 1.56 bits per heavy atom. The first-order valence-electron chi connectivity index (χ1n) is 9.20. The van der Waals surface area contributed by atoms with Crippen LogP contribution in [-0.4, -0.2) is 34.5 Å². The average Bonchev–Trinajstić information content (AvgIpc) is 2.66. The van der Waals surface area contributed by atoms with Gasteiger partial charge in [-0.05, 0) is 48.9 Å². The van der Waals surface area contributed by atoms with E-state index in [1.165, 1.54) is 12.1 Å². The van der Waals surface area contributed by atoms with E-state index in [1.54, 1.807) is 19.2 Å². The molecule has 0 aliphatic rings. The van der Waals surface area contributed by atoms with E-state index < -0.39 is 17.1 Å². The molecule has 0 aliphatic heterocycles. The monoisotopic (exact) mass is 373 g/mol. The van der Waals surface area contributed by atoms with Gasteiger partial charge in [-0.2, -0.15) is 0 Å². The van der Waals surface area contributed by atoms with Crippen molar-refractivity contribution in [1.29, 1.82) is 0 Å². The summed E-state index contributed by atoms with van der Waals surface area (Å²) >= 11 is 0. The molecule has 0 spiro atoms. The summed E-state index contributed by atoms with van der Waals surface area (Å²) < 4.78 is 5.19. The summed E-state index contributed by atoms with van der Waals surface area (Å²) in [4.78, 5) is 10.2. The molecule has 2 rings (SSSR count). The maximum Gasteiger partial charge on any atom is 0.269 e. The first kappa shape index (κ1) is 20.9. The van der Waals surface area contributed by atoms with Crippen molar-refractivity contribution in [3.63, 3.8) is 0 Å². The number of unbranched alkanes of at least 4 members (excludes halogenated alkanes) is 1. The average molecular weight is 373 g/mol. The number of methoxy groups -OCH3 is 1. The molecule has 6 heteroatoms. The van der Waals surface area contributed by atoms with Crippen LogP contribution in [0.3, 0.4) is 0 Å². The molecule has 2 atom stereocenters. The molecule has 0 saturated heterocycles. The van der Waals surface area contributed by atoms with Crippen molar-refractivity contribution in [2.24, 2.45) is 0 Å². The molecule has 2 unspecified atom stereocenters. The van der Waals surface area contributed by atoms with E-state index in [0.29, 0.717) is 25.7 Å². The topological polar surface area (TPSA) is 92.8 Å².